The lowest BCUT2D eigenvalue weighted by atomic mass is 10.1. The molecule has 3 nitrogen and oxygen atoms in total. The summed E-state index contributed by atoms with van der Waals surface area (Å²) in [7, 11) is 0. The maximum Gasteiger partial charge on any atom is 0.573 e. The van der Waals surface area contributed by atoms with Gasteiger partial charge in [0.15, 0.2) is 5.75 Å². The SMILES string of the molecule is CCC(Nc1ccc(Br)cc1OC(F)(F)F)c1ccco1. The summed E-state index contributed by atoms with van der Waals surface area (Å²) < 4.78 is 47.2. The Balaban J connectivity index is 2.26. The summed E-state index contributed by atoms with van der Waals surface area (Å²) in [5, 5.41) is 3.01. The Labute approximate surface area is 128 Å². The van der Waals surface area contributed by atoms with Crippen LogP contribution < -0.4 is 10.1 Å². The van der Waals surface area contributed by atoms with Crippen LogP contribution in [-0.2, 0) is 0 Å². The molecular weight excluding hydrogens is 351 g/mol. The van der Waals surface area contributed by atoms with Gasteiger partial charge in [0.2, 0.25) is 0 Å². The van der Waals surface area contributed by atoms with Crippen LogP contribution in [-0.4, -0.2) is 6.36 Å². The molecule has 0 saturated carbocycles. The zero-order valence-corrected chi connectivity index (χ0v) is 12.7. The largest absolute Gasteiger partial charge is 0.573 e. The Morgan fingerprint density at radius 1 is 1.33 bits per heavy atom. The normalized spacial score (nSPS) is 13.0. The fraction of sp³-hybridized carbons (Fsp3) is 0.286. The number of ether oxygens (including phenoxy) is 1. The second kappa shape index (κ2) is 6.43. The highest BCUT2D eigenvalue weighted by atomic mass is 79.9. The standard InChI is InChI=1S/C14H13BrF3NO2/c1-2-10(12-4-3-7-20-12)19-11-6-5-9(15)8-13(11)21-14(16,17)18/h3-8,10,19H,2H2,1H3. The van der Waals surface area contributed by atoms with Crippen LogP contribution in [0.5, 0.6) is 5.75 Å². The maximum atomic E-state index is 12.5. The van der Waals surface area contributed by atoms with E-state index in [1.807, 2.05) is 6.92 Å². The molecule has 7 heteroatoms. The summed E-state index contributed by atoms with van der Waals surface area (Å²) in [5.41, 5.74) is 0.249. The van der Waals surface area contributed by atoms with Crippen molar-refractivity contribution in [2.45, 2.75) is 25.7 Å². The molecule has 0 radical (unpaired) electrons. The van der Waals surface area contributed by atoms with Crippen molar-refractivity contribution in [3.63, 3.8) is 0 Å². The summed E-state index contributed by atoms with van der Waals surface area (Å²) in [6, 6.07) is 7.69. The minimum Gasteiger partial charge on any atom is -0.467 e. The first-order valence-electron chi connectivity index (χ1n) is 6.24. The van der Waals surface area contributed by atoms with E-state index in [1.54, 1.807) is 18.2 Å². The Bertz CT molecular complexity index is 584. The average molecular weight is 364 g/mol. The van der Waals surface area contributed by atoms with Crippen LogP contribution in [0, 0.1) is 0 Å². The van der Waals surface area contributed by atoms with Crippen molar-refractivity contribution in [1.82, 2.24) is 0 Å². The van der Waals surface area contributed by atoms with Gasteiger partial charge >= 0.3 is 6.36 Å². The van der Waals surface area contributed by atoms with E-state index in [0.29, 0.717) is 16.7 Å². The monoisotopic (exact) mass is 363 g/mol. The van der Waals surface area contributed by atoms with E-state index in [2.05, 4.69) is 26.0 Å². The van der Waals surface area contributed by atoms with Crippen molar-refractivity contribution < 1.29 is 22.3 Å². The summed E-state index contributed by atoms with van der Waals surface area (Å²) in [6.07, 6.45) is -2.58. The van der Waals surface area contributed by atoms with E-state index in [-0.39, 0.29) is 17.5 Å². The number of hydrogen-bond acceptors (Lipinski definition) is 3. The molecule has 1 atom stereocenters. The second-order valence-electron chi connectivity index (χ2n) is 4.31. The Hall–Kier alpha value is -1.63. The van der Waals surface area contributed by atoms with Gasteiger partial charge in [-0.25, -0.2) is 0 Å². The molecule has 1 unspecified atom stereocenters. The second-order valence-corrected chi connectivity index (χ2v) is 5.22. The maximum absolute atomic E-state index is 12.5. The fourth-order valence-electron chi connectivity index (χ4n) is 1.88. The minimum absolute atomic E-state index is 0.239. The predicted molar refractivity (Wildman–Crippen MR) is 76.2 cm³/mol. The zero-order chi connectivity index (χ0) is 15.5. The number of hydrogen-bond donors (Lipinski definition) is 1. The van der Waals surface area contributed by atoms with Crippen LogP contribution in [0.1, 0.15) is 25.1 Å². The lowest BCUT2D eigenvalue weighted by molar-refractivity contribution is -0.274. The van der Waals surface area contributed by atoms with Crippen molar-refractivity contribution >= 4 is 21.6 Å². The van der Waals surface area contributed by atoms with Crippen LogP contribution in [0.4, 0.5) is 18.9 Å². The summed E-state index contributed by atoms with van der Waals surface area (Å²) in [5.74, 6) is 0.361. The molecule has 0 saturated heterocycles. The van der Waals surface area contributed by atoms with Crippen molar-refractivity contribution in [1.29, 1.82) is 0 Å². The molecular formula is C14H13BrF3NO2. The first-order chi connectivity index (χ1) is 9.89. The molecule has 0 aliphatic carbocycles. The van der Waals surface area contributed by atoms with Crippen molar-refractivity contribution in [2.75, 3.05) is 5.32 Å². The van der Waals surface area contributed by atoms with Gasteiger partial charge in [0, 0.05) is 4.47 Å². The topological polar surface area (TPSA) is 34.4 Å². The van der Waals surface area contributed by atoms with E-state index in [4.69, 9.17) is 4.42 Å². The molecule has 21 heavy (non-hydrogen) atoms. The third-order valence-electron chi connectivity index (χ3n) is 2.79. The molecule has 1 N–H and O–H groups in total. The van der Waals surface area contributed by atoms with E-state index < -0.39 is 6.36 Å². The van der Waals surface area contributed by atoms with Crippen LogP contribution in [0.3, 0.4) is 0 Å². The van der Waals surface area contributed by atoms with Gasteiger partial charge in [-0.05, 0) is 36.8 Å². The smallest absolute Gasteiger partial charge is 0.467 e. The van der Waals surface area contributed by atoms with Crippen LogP contribution >= 0.6 is 15.9 Å². The van der Waals surface area contributed by atoms with E-state index in [9.17, 15) is 13.2 Å². The highest BCUT2D eigenvalue weighted by molar-refractivity contribution is 9.10. The van der Waals surface area contributed by atoms with E-state index >= 15 is 0 Å². The molecule has 1 heterocycles. The van der Waals surface area contributed by atoms with Gasteiger partial charge in [-0.2, -0.15) is 0 Å². The fourth-order valence-corrected chi connectivity index (χ4v) is 2.22. The number of alkyl halides is 3. The van der Waals surface area contributed by atoms with Gasteiger partial charge < -0.3 is 14.5 Å². The van der Waals surface area contributed by atoms with Crippen LogP contribution in [0.15, 0.2) is 45.5 Å². The summed E-state index contributed by atoms with van der Waals surface area (Å²) >= 11 is 3.13. The van der Waals surface area contributed by atoms with Crippen LogP contribution in [0.25, 0.3) is 0 Å². The lowest BCUT2D eigenvalue weighted by Gasteiger charge is -2.19. The third kappa shape index (κ3) is 4.42. The van der Waals surface area contributed by atoms with Crippen LogP contribution in [0.2, 0.25) is 0 Å². The molecule has 114 valence electrons. The van der Waals surface area contributed by atoms with Gasteiger partial charge in [-0.15, -0.1) is 13.2 Å². The molecule has 0 aliphatic heterocycles. The van der Waals surface area contributed by atoms with E-state index in [1.165, 1.54) is 18.4 Å². The Morgan fingerprint density at radius 3 is 2.67 bits per heavy atom. The first-order valence-corrected chi connectivity index (χ1v) is 7.03. The van der Waals surface area contributed by atoms with Gasteiger partial charge in [0.05, 0.1) is 18.0 Å². The lowest BCUT2D eigenvalue weighted by Crippen LogP contribution is -2.19. The number of halogens is 4. The van der Waals surface area contributed by atoms with Gasteiger partial charge in [-0.3, -0.25) is 0 Å². The first kappa shape index (κ1) is 15.8. The summed E-state index contributed by atoms with van der Waals surface area (Å²) in [6.45, 7) is 1.91. The van der Waals surface area contributed by atoms with Gasteiger partial charge in [0.25, 0.3) is 0 Å². The molecule has 0 amide bonds. The quantitative estimate of drug-likeness (QED) is 0.760. The zero-order valence-electron chi connectivity index (χ0n) is 11.1. The molecule has 1 aromatic heterocycles. The molecule has 1 aromatic carbocycles. The highest BCUT2D eigenvalue weighted by Crippen LogP contribution is 2.35. The van der Waals surface area contributed by atoms with E-state index in [0.717, 1.165) is 0 Å². The Morgan fingerprint density at radius 2 is 2.10 bits per heavy atom. The van der Waals surface area contributed by atoms with Crippen molar-refractivity contribution in [3.05, 3.63) is 46.8 Å². The molecule has 0 spiro atoms. The van der Waals surface area contributed by atoms with Crippen molar-refractivity contribution in [2.24, 2.45) is 0 Å². The van der Waals surface area contributed by atoms with Crippen molar-refractivity contribution in [3.8, 4) is 5.75 Å². The number of rotatable bonds is 5. The molecule has 0 fully saturated rings. The molecule has 0 bridgehead atoms. The number of anilines is 1. The minimum atomic E-state index is -4.75. The molecule has 2 aromatic rings. The highest BCUT2D eigenvalue weighted by Gasteiger charge is 2.32. The number of benzene rings is 1. The Kier molecular flexibility index (Phi) is 4.82. The summed E-state index contributed by atoms with van der Waals surface area (Å²) in [4.78, 5) is 0. The predicted octanol–water partition coefficient (Wildman–Crippen LogP) is 5.50. The molecule has 0 aliphatic rings. The average Bonchev–Trinajstić information content (AvgIpc) is 2.90. The number of nitrogens with one attached hydrogen (secondary N) is 1. The molecule has 2 rings (SSSR count). The third-order valence-corrected chi connectivity index (χ3v) is 3.29. The number of furan rings is 1. The van der Waals surface area contributed by atoms with Gasteiger partial charge in [0.1, 0.15) is 5.76 Å². The van der Waals surface area contributed by atoms with Gasteiger partial charge in [-0.1, -0.05) is 22.9 Å².